The van der Waals surface area contributed by atoms with Crippen LogP contribution < -0.4 is 0 Å². The van der Waals surface area contributed by atoms with Crippen LogP contribution in [-0.4, -0.2) is 25.4 Å². The maximum Gasteiger partial charge on any atom is 0.0814 e. The van der Waals surface area contributed by atoms with E-state index in [4.69, 9.17) is 0 Å². The van der Waals surface area contributed by atoms with Crippen LogP contribution in [0, 0.1) is 0 Å². The summed E-state index contributed by atoms with van der Waals surface area (Å²) in [4.78, 5) is 0. The zero-order valence-corrected chi connectivity index (χ0v) is 18.1. The van der Waals surface area contributed by atoms with Crippen molar-refractivity contribution in [3.8, 4) is 0 Å². The van der Waals surface area contributed by atoms with Gasteiger partial charge in [-0.1, -0.05) is 107 Å². The molecule has 2 heteroatoms. The predicted molar refractivity (Wildman–Crippen MR) is 133 cm³/mol. The molecule has 0 aliphatic heterocycles. The van der Waals surface area contributed by atoms with Gasteiger partial charge in [0.25, 0.3) is 0 Å². The highest BCUT2D eigenvalue weighted by Gasteiger charge is 2.57. The van der Waals surface area contributed by atoms with Crippen molar-refractivity contribution in [1.29, 1.82) is 0 Å². The first-order chi connectivity index (χ1) is 13.9. The van der Waals surface area contributed by atoms with Gasteiger partial charge < -0.3 is 0 Å². The Labute approximate surface area is 181 Å². The topological polar surface area (TPSA) is 0 Å². The van der Waals surface area contributed by atoms with Crippen molar-refractivity contribution in [3.63, 3.8) is 0 Å². The molecule has 3 saturated carbocycles. The molecule has 2 unspecified atom stereocenters. The average molecular weight is 404 g/mol. The van der Waals surface area contributed by atoms with Crippen LogP contribution in [0.2, 0.25) is 0 Å². The van der Waals surface area contributed by atoms with Crippen molar-refractivity contribution in [3.05, 3.63) is 71.8 Å². The van der Waals surface area contributed by atoms with Gasteiger partial charge in [0.1, 0.15) is 0 Å². The van der Waals surface area contributed by atoms with Gasteiger partial charge in [0.15, 0.2) is 0 Å². The third kappa shape index (κ3) is 4.51. The summed E-state index contributed by atoms with van der Waals surface area (Å²) in [5.41, 5.74) is 6.26. The van der Waals surface area contributed by atoms with E-state index in [1.54, 1.807) is 11.1 Å². The molecular formula is C27H38BP. The summed E-state index contributed by atoms with van der Waals surface area (Å²) in [7, 11) is 0.129. The Morgan fingerprint density at radius 1 is 0.517 bits per heavy atom. The Hall–Kier alpha value is -1.07. The molecular weight excluding hydrogens is 366 g/mol. The van der Waals surface area contributed by atoms with Crippen LogP contribution in [0.1, 0.15) is 87.2 Å². The normalized spacial score (nSPS) is 28.1. The summed E-state index contributed by atoms with van der Waals surface area (Å²) in [6.45, 7) is 0. The molecule has 5 rings (SSSR count). The van der Waals surface area contributed by atoms with Gasteiger partial charge in [-0.2, -0.15) is 0 Å². The molecule has 154 valence electrons. The molecule has 2 atom stereocenters. The summed E-state index contributed by atoms with van der Waals surface area (Å²) < 4.78 is 0. The second kappa shape index (κ2) is 9.83. The van der Waals surface area contributed by atoms with Crippen LogP contribution in [0.5, 0.6) is 0 Å². The van der Waals surface area contributed by atoms with E-state index in [9.17, 15) is 0 Å². The van der Waals surface area contributed by atoms with E-state index >= 15 is 0 Å². The maximum absolute atomic E-state index is 2.41. The lowest BCUT2D eigenvalue weighted by Crippen LogP contribution is -2.23. The Morgan fingerprint density at radius 2 is 0.897 bits per heavy atom. The molecule has 0 spiro atoms. The number of rotatable bonds is 5. The van der Waals surface area contributed by atoms with Crippen LogP contribution >= 0.6 is 7.92 Å². The molecule has 0 amide bonds. The van der Waals surface area contributed by atoms with E-state index in [-0.39, 0.29) is 16.3 Å². The third-order valence-corrected chi connectivity index (χ3v) is 11.7. The Balaban J connectivity index is 0.00000205. The highest BCUT2D eigenvalue weighted by molar-refractivity contribution is 7.60. The SMILES string of the molecule is B.c1ccc(C2C(c3ccccc3)C2P(C2CCCCC2)C2CCCCC2)cc1. The smallest absolute Gasteiger partial charge is 0.0814 e. The molecule has 3 fully saturated rings. The lowest BCUT2D eigenvalue weighted by molar-refractivity contribution is 0.483. The largest absolute Gasteiger partial charge is 0.0959 e. The van der Waals surface area contributed by atoms with Gasteiger partial charge in [0.2, 0.25) is 0 Å². The van der Waals surface area contributed by atoms with Crippen LogP contribution in [0.4, 0.5) is 0 Å². The van der Waals surface area contributed by atoms with E-state index in [1.165, 1.54) is 64.2 Å². The standard InChI is InChI=1S/C27H35P.BH3/c1-5-13-21(14-6-1)25-26(22-15-7-2-8-16-22)27(25)28(23-17-9-3-10-18-23)24-19-11-4-12-20-24;/h1-2,5-8,13-16,23-27H,3-4,9-12,17-20H2;1H3. The Kier molecular flexibility index (Phi) is 7.18. The predicted octanol–water partition coefficient (Wildman–Crippen LogP) is 6.90. The van der Waals surface area contributed by atoms with E-state index in [0.717, 1.165) is 28.8 Å². The quantitative estimate of drug-likeness (QED) is 0.376. The fourth-order valence-corrected chi connectivity index (χ4v) is 11.2. The molecule has 3 aliphatic rings. The second-order valence-electron chi connectivity index (χ2n) is 9.39. The average Bonchev–Trinajstić information content (AvgIpc) is 3.52. The van der Waals surface area contributed by atoms with Gasteiger partial charge in [-0.3, -0.25) is 0 Å². The van der Waals surface area contributed by atoms with E-state index in [2.05, 4.69) is 60.7 Å². The molecule has 0 heterocycles. The summed E-state index contributed by atoms with van der Waals surface area (Å²) >= 11 is 0. The Morgan fingerprint density at radius 3 is 1.28 bits per heavy atom. The zero-order chi connectivity index (χ0) is 18.8. The van der Waals surface area contributed by atoms with Crippen molar-refractivity contribution >= 4 is 16.3 Å². The highest BCUT2D eigenvalue weighted by Crippen LogP contribution is 2.75. The zero-order valence-electron chi connectivity index (χ0n) is 17.2. The summed E-state index contributed by atoms with van der Waals surface area (Å²) in [5.74, 6) is 1.55. The van der Waals surface area contributed by atoms with E-state index in [0.29, 0.717) is 0 Å². The van der Waals surface area contributed by atoms with E-state index in [1.807, 2.05) is 0 Å². The van der Waals surface area contributed by atoms with Crippen molar-refractivity contribution in [2.75, 3.05) is 0 Å². The fraction of sp³-hybridized carbons (Fsp3) is 0.556. The molecule has 0 saturated heterocycles. The molecule has 0 N–H and O–H groups in total. The van der Waals surface area contributed by atoms with E-state index < -0.39 is 0 Å². The Bertz CT molecular complexity index is 670. The van der Waals surface area contributed by atoms with Crippen molar-refractivity contribution in [2.45, 2.75) is 93.0 Å². The number of hydrogen-bond acceptors (Lipinski definition) is 0. The van der Waals surface area contributed by atoms with Gasteiger partial charge in [0.05, 0.1) is 8.41 Å². The fourth-order valence-electron chi connectivity index (χ4n) is 6.37. The van der Waals surface area contributed by atoms with Gasteiger partial charge in [0, 0.05) is 0 Å². The van der Waals surface area contributed by atoms with Crippen LogP contribution in [-0.2, 0) is 0 Å². The summed E-state index contributed by atoms with van der Waals surface area (Å²) in [6, 6.07) is 23.1. The molecule has 0 radical (unpaired) electrons. The van der Waals surface area contributed by atoms with Gasteiger partial charge in [-0.25, -0.2) is 0 Å². The monoisotopic (exact) mass is 404 g/mol. The first-order valence-corrected chi connectivity index (χ1v) is 13.4. The van der Waals surface area contributed by atoms with Gasteiger partial charge in [-0.05, 0) is 65.6 Å². The van der Waals surface area contributed by atoms with Gasteiger partial charge >= 0.3 is 0 Å². The molecule has 0 bridgehead atoms. The lowest BCUT2D eigenvalue weighted by atomic mass is 9.99. The van der Waals surface area contributed by atoms with Crippen LogP contribution in [0.3, 0.4) is 0 Å². The number of hydrogen-bond donors (Lipinski definition) is 0. The van der Waals surface area contributed by atoms with Crippen LogP contribution in [0.25, 0.3) is 0 Å². The molecule has 2 aromatic carbocycles. The van der Waals surface area contributed by atoms with Crippen molar-refractivity contribution in [1.82, 2.24) is 0 Å². The maximum atomic E-state index is 2.41. The molecule has 29 heavy (non-hydrogen) atoms. The third-order valence-electron chi connectivity index (χ3n) is 7.69. The number of benzene rings is 2. The van der Waals surface area contributed by atoms with Crippen molar-refractivity contribution < 1.29 is 0 Å². The summed E-state index contributed by atoms with van der Waals surface area (Å²) in [6.07, 6.45) is 15.1. The summed E-state index contributed by atoms with van der Waals surface area (Å²) in [5, 5.41) is 0. The minimum absolute atomic E-state index is 0. The first kappa shape index (κ1) is 21.2. The molecule has 0 aromatic heterocycles. The van der Waals surface area contributed by atoms with Crippen molar-refractivity contribution in [2.24, 2.45) is 0 Å². The van der Waals surface area contributed by atoms with Gasteiger partial charge in [-0.15, -0.1) is 0 Å². The highest BCUT2D eigenvalue weighted by atomic mass is 31.1. The molecule has 0 nitrogen and oxygen atoms in total. The lowest BCUT2D eigenvalue weighted by Gasteiger charge is -2.39. The minimum Gasteiger partial charge on any atom is -0.0959 e. The molecule has 3 aliphatic carbocycles. The molecule has 2 aromatic rings. The second-order valence-corrected chi connectivity index (χ2v) is 12.3. The van der Waals surface area contributed by atoms with Crippen LogP contribution in [0.15, 0.2) is 60.7 Å². The first-order valence-electron chi connectivity index (χ1n) is 11.8. The minimum atomic E-state index is 0.